The van der Waals surface area contributed by atoms with Gasteiger partial charge in [-0.05, 0) is 49.1 Å². The number of likely N-dealkylation sites (tertiary alicyclic amines) is 1. The molecule has 1 aromatic rings. The minimum Gasteiger partial charge on any atom is -0.358 e. The molecule has 1 aliphatic rings. The number of rotatable bonds is 4. The first-order valence-corrected chi connectivity index (χ1v) is 7.39. The van der Waals surface area contributed by atoms with Gasteiger partial charge >= 0.3 is 5.84 Å². The molecule has 0 atom stereocenters. The number of piperidine rings is 1. The fourth-order valence-corrected chi connectivity index (χ4v) is 2.54. The van der Waals surface area contributed by atoms with E-state index in [2.05, 4.69) is 31.4 Å². The first-order valence-electron chi connectivity index (χ1n) is 6.60. The van der Waals surface area contributed by atoms with Crippen LogP contribution in [0.1, 0.15) is 19.3 Å². The summed E-state index contributed by atoms with van der Waals surface area (Å²) in [4.78, 5) is 12.7. The Kier molecular flexibility index (Phi) is 5.49. The molecule has 1 N–H and O–H groups in total. The maximum atomic E-state index is 11.1. The van der Waals surface area contributed by atoms with Gasteiger partial charge in [-0.1, -0.05) is 28.4 Å². The Bertz CT molecular complexity index is 501. The van der Waals surface area contributed by atoms with Crippen LogP contribution in [-0.2, 0) is 0 Å². The molecule has 0 spiro atoms. The van der Waals surface area contributed by atoms with Gasteiger partial charge in [0.15, 0.2) is 0 Å². The summed E-state index contributed by atoms with van der Waals surface area (Å²) in [5.41, 5.74) is 3.47. The average Bonchev–Trinajstić information content (AvgIpc) is 2.44. The predicted molar refractivity (Wildman–Crippen MR) is 82.5 cm³/mol. The number of halogens is 1. The number of hydrogen-bond donors (Lipinski definition) is 1. The van der Waals surface area contributed by atoms with Gasteiger partial charge in [-0.15, -0.1) is 0 Å². The van der Waals surface area contributed by atoms with E-state index < -0.39 is 4.92 Å². The lowest BCUT2D eigenvalue weighted by Crippen LogP contribution is -2.37. The van der Waals surface area contributed by atoms with Gasteiger partial charge in [-0.3, -0.25) is 4.90 Å². The number of hydrogen-bond acceptors (Lipinski definition) is 5. The van der Waals surface area contributed by atoms with Crippen molar-refractivity contribution < 1.29 is 4.92 Å². The highest BCUT2D eigenvalue weighted by Gasteiger charge is 2.20. The third-order valence-corrected chi connectivity index (χ3v) is 3.66. The predicted octanol–water partition coefficient (Wildman–Crippen LogP) is 2.94. The van der Waals surface area contributed by atoms with Crippen LogP contribution in [0.15, 0.2) is 33.8 Å². The minimum atomic E-state index is -0.417. The fraction of sp³-hybridized carbons (Fsp3) is 0.462. The largest absolute Gasteiger partial charge is 0.377 e. The molecule has 0 bridgehead atoms. The van der Waals surface area contributed by atoms with Crippen LogP contribution >= 0.6 is 15.9 Å². The Hall–Kier alpha value is -1.47. The van der Waals surface area contributed by atoms with Gasteiger partial charge < -0.3 is 10.1 Å². The van der Waals surface area contributed by atoms with Crippen LogP contribution in [0, 0.1) is 10.1 Å². The summed E-state index contributed by atoms with van der Waals surface area (Å²) in [6, 6.07) is 7.37. The zero-order valence-electron chi connectivity index (χ0n) is 11.1. The van der Waals surface area contributed by atoms with E-state index in [1.54, 1.807) is 0 Å². The van der Waals surface area contributed by atoms with Gasteiger partial charge in [-0.2, -0.15) is 5.43 Å². The van der Waals surface area contributed by atoms with Crippen molar-refractivity contribution in [1.82, 2.24) is 4.90 Å². The molecular weight excluding hydrogens is 324 g/mol. The Labute approximate surface area is 126 Å². The quantitative estimate of drug-likeness (QED) is 0.396. The number of anilines is 1. The monoisotopic (exact) mass is 340 g/mol. The van der Waals surface area contributed by atoms with Crippen molar-refractivity contribution in [1.29, 1.82) is 0 Å². The van der Waals surface area contributed by atoms with Crippen LogP contribution in [0.4, 0.5) is 5.69 Å². The molecule has 0 aromatic heterocycles. The van der Waals surface area contributed by atoms with E-state index >= 15 is 0 Å². The average molecular weight is 341 g/mol. The van der Waals surface area contributed by atoms with E-state index in [0.717, 1.165) is 36.1 Å². The Balaban J connectivity index is 2.00. The lowest BCUT2D eigenvalue weighted by Gasteiger charge is -2.24. The second-order valence-electron chi connectivity index (χ2n) is 4.74. The molecule has 108 valence electrons. The summed E-state index contributed by atoms with van der Waals surface area (Å²) in [7, 11) is 0. The third-order valence-electron chi connectivity index (χ3n) is 3.16. The Morgan fingerprint density at radius 3 is 2.80 bits per heavy atom. The zero-order valence-corrected chi connectivity index (χ0v) is 12.7. The van der Waals surface area contributed by atoms with Crippen LogP contribution in [0.25, 0.3) is 0 Å². The molecule has 1 aliphatic heterocycles. The zero-order chi connectivity index (χ0) is 14.4. The van der Waals surface area contributed by atoms with E-state index in [0.29, 0.717) is 0 Å². The van der Waals surface area contributed by atoms with Gasteiger partial charge in [0.25, 0.3) is 0 Å². The number of benzene rings is 1. The summed E-state index contributed by atoms with van der Waals surface area (Å²) >= 11 is 3.35. The summed E-state index contributed by atoms with van der Waals surface area (Å²) in [5, 5.41) is 15.0. The van der Waals surface area contributed by atoms with E-state index in [9.17, 15) is 10.1 Å². The van der Waals surface area contributed by atoms with Crippen molar-refractivity contribution in [3.63, 3.8) is 0 Å². The van der Waals surface area contributed by atoms with Gasteiger partial charge in [0.05, 0.1) is 10.8 Å². The van der Waals surface area contributed by atoms with E-state index in [-0.39, 0.29) is 12.4 Å². The molecule has 0 unspecified atom stereocenters. The first-order chi connectivity index (χ1) is 9.65. The topological polar surface area (TPSA) is 70.8 Å². The molecule has 2 rings (SSSR count). The highest BCUT2D eigenvalue weighted by molar-refractivity contribution is 9.10. The van der Waals surface area contributed by atoms with Gasteiger partial charge in [-0.25, -0.2) is 0 Å². The second-order valence-corrected chi connectivity index (χ2v) is 5.66. The van der Waals surface area contributed by atoms with Gasteiger partial charge in [0.1, 0.15) is 6.54 Å². The summed E-state index contributed by atoms with van der Waals surface area (Å²) in [6.07, 6.45) is 3.41. The number of nitro groups is 1. The molecule has 1 saturated heterocycles. The number of hydrazone groups is 1. The van der Waals surface area contributed by atoms with Gasteiger partial charge in [0, 0.05) is 4.47 Å². The van der Waals surface area contributed by atoms with Gasteiger partial charge in [0.2, 0.25) is 0 Å². The van der Waals surface area contributed by atoms with E-state index in [4.69, 9.17) is 0 Å². The highest BCUT2D eigenvalue weighted by atomic mass is 79.9. The smallest absolute Gasteiger partial charge is 0.358 e. The van der Waals surface area contributed by atoms with Crippen molar-refractivity contribution >= 4 is 27.5 Å². The normalized spacial score (nSPS) is 16.9. The molecule has 1 aromatic carbocycles. The number of nitrogens with zero attached hydrogens (tertiary/aromatic N) is 3. The molecule has 20 heavy (non-hydrogen) atoms. The van der Waals surface area contributed by atoms with Crippen molar-refractivity contribution in [3.8, 4) is 0 Å². The SMILES string of the molecule is O=[N+]([O-])/C(CN1CCCCC1)=N/Nc1cccc(Br)c1. The third kappa shape index (κ3) is 4.57. The molecule has 7 heteroatoms. The standard InChI is InChI=1S/C13H17BrN4O2/c14-11-5-4-6-12(9-11)15-16-13(18(19)20)10-17-7-2-1-3-8-17/h4-6,9,15H,1-3,7-8,10H2/b16-13+. The molecule has 0 amide bonds. The molecule has 0 saturated carbocycles. The summed E-state index contributed by atoms with van der Waals surface area (Å²) in [5.74, 6) is -0.0492. The van der Waals surface area contributed by atoms with Crippen molar-refractivity contribution in [2.75, 3.05) is 25.1 Å². The van der Waals surface area contributed by atoms with Crippen molar-refractivity contribution in [2.45, 2.75) is 19.3 Å². The molecule has 0 aliphatic carbocycles. The van der Waals surface area contributed by atoms with E-state index in [1.165, 1.54) is 6.42 Å². The Morgan fingerprint density at radius 2 is 2.15 bits per heavy atom. The highest BCUT2D eigenvalue weighted by Crippen LogP contribution is 2.15. The number of amidine groups is 1. The molecular formula is C13H17BrN4O2. The van der Waals surface area contributed by atoms with Crippen LogP contribution in [-0.4, -0.2) is 35.3 Å². The van der Waals surface area contributed by atoms with Crippen LogP contribution in [0.5, 0.6) is 0 Å². The lowest BCUT2D eigenvalue weighted by molar-refractivity contribution is -0.353. The van der Waals surface area contributed by atoms with Crippen molar-refractivity contribution in [3.05, 3.63) is 38.9 Å². The fourth-order valence-electron chi connectivity index (χ4n) is 2.14. The number of nitrogens with one attached hydrogen (secondary N) is 1. The molecule has 1 heterocycles. The van der Waals surface area contributed by atoms with E-state index in [1.807, 2.05) is 24.3 Å². The van der Waals surface area contributed by atoms with Crippen molar-refractivity contribution in [2.24, 2.45) is 5.10 Å². The van der Waals surface area contributed by atoms with Crippen LogP contribution < -0.4 is 5.43 Å². The Morgan fingerprint density at radius 1 is 1.40 bits per heavy atom. The maximum Gasteiger partial charge on any atom is 0.377 e. The lowest BCUT2D eigenvalue weighted by atomic mass is 10.1. The van der Waals surface area contributed by atoms with Crippen LogP contribution in [0.3, 0.4) is 0 Å². The first kappa shape index (κ1) is 14.9. The second kappa shape index (κ2) is 7.35. The summed E-state index contributed by atoms with van der Waals surface area (Å²) < 4.78 is 0.899. The minimum absolute atomic E-state index is 0.0492. The molecule has 0 radical (unpaired) electrons. The molecule has 1 fully saturated rings. The van der Waals surface area contributed by atoms with Crippen LogP contribution in [0.2, 0.25) is 0 Å². The maximum absolute atomic E-state index is 11.1. The summed E-state index contributed by atoms with van der Waals surface area (Å²) in [6.45, 7) is 2.10. The molecule has 6 nitrogen and oxygen atoms in total.